The van der Waals surface area contributed by atoms with E-state index in [1.807, 2.05) is 19.3 Å². The molecule has 0 bridgehead atoms. The molecular weight excluding hydrogens is 445 g/mol. The molecule has 2 aromatic heterocycles. The van der Waals surface area contributed by atoms with Crippen LogP contribution < -0.4 is 10.5 Å². The predicted octanol–water partition coefficient (Wildman–Crippen LogP) is 4.10. The molecule has 1 saturated heterocycles. The van der Waals surface area contributed by atoms with E-state index in [-0.39, 0.29) is 22.6 Å². The Morgan fingerprint density at radius 2 is 2.15 bits per heavy atom. The highest BCUT2D eigenvalue weighted by Gasteiger charge is 2.26. The molecule has 0 saturated carbocycles. The topological polar surface area (TPSA) is 65.2 Å². The summed E-state index contributed by atoms with van der Waals surface area (Å²) in [4.78, 5) is 19.6. The Labute approximate surface area is 196 Å². The molecule has 3 aromatic rings. The minimum Gasteiger partial charge on any atom is -0.362 e. The molecular formula is C24H27ClFN5O2. The molecule has 7 nitrogen and oxygen atoms in total. The maximum atomic E-state index is 13.6. The van der Waals surface area contributed by atoms with Crippen molar-refractivity contribution >= 4 is 17.3 Å². The average Bonchev–Trinajstić information content (AvgIpc) is 3.24. The monoisotopic (exact) mass is 471 g/mol. The number of imidazole rings is 1. The number of benzene rings is 1. The molecule has 174 valence electrons. The van der Waals surface area contributed by atoms with Crippen molar-refractivity contribution in [2.75, 3.05) is 18.1 Å². The summed E-state index contributed by atoms with van der Waals surface area (Å²) in [6.45, 7) is 4.58. The van der Waals surface area contributed by atoms with Gasteiger partial charge in [0.1, 0.15) is 10.8 Å². The second kappa shape index (κ2) is 9.27. The number of hydrogen-bond acceptors (Lipinski definition) is 5. The number of aryl methyl sites for hydroxylation is 1. The van der Waals surface area contributed by atoms with Crippen molar-refractivity contribution < 1.29 is 9.13 Å². The Hall–Kier alpha value is -2.71. The van der Waals surface area contributed by atoms with Gasteiger partial charge >= 0.3 is 0 Å². The molecule has 1 fully saturated rings. The van der Waals surface area contributed by atoms with Crippen molar-refractivity contribution in [3.05, 3.63) is 74.4 Å². The largest absolute Gasteiger partial charge is 0.362 e. The van der Waals surface area contributed by atoms with Crippen LogP contribution in [0.1, 0.15) is 54.9 Å². The van der Waals surface area contributed by atoms with Crippen LogP contribution in [0.2, 0.25) is 5.02 Å². The molecule has 0 aliphatic carbocycles. The molecule has 0 spiro atoms. The van der Waals surface area contributed by atoms with Crippen LogP contribution in [0.3, 0.4) is 0 Å². The summed E-state index contributed by atoms with van der Waals surface area (Å²) in [7, 11) is 0. The molecule has 1 aromatic carbocycles. The van der Waals surface area contributed by atoms with Crippen LogP contribution >= 0.6 is 11.6 Å². The van der Waals surface area contributed by atoms with Crippen molar-refractivity contribution in [2.45, 2.75) is 58.3 Å². The Morgan fingerprint density at radius 3 is 2.94 bits per heavy atom. The summed E-state index contributed by atoms with van der Waals surface area (Å²) in [6, 6.07) is 4.97. The van der Waals surface area contributed by atoms with Crippen LogP contribution in [0.4, 0.5) is 10.1 Å². The maximum absolute atomic E-state index is 13.6. The fourth-order valence-corrected chi connectivity index (χ4v) is 5.01. The van der Waals surface area contributed by atoms with Gasteiger partial charge in [-0.1, -0.05) is 24.6 Å². The van der Waals surface area contributed by atoms with Crippen molar-refractivity contribution in [1.29, 1.82) is 0 Å². The first-order valence-corrected chi connectivity index (χ1v) is 11.9. The first kappa shape index (κ1) is 22.1. The van der Waals surface area contributed by atoms with Gasteiger partial charge in [-0.05, 0) is 48.9 Å². The van der Waals surface area contributed by atoms with E-state index < -0.39 is 0 Å². The molecule has 1 unspecified atom stereocenters. The summed E-state index contributed by atoms with van der Waals surface area (Å²) in [5, 5.41) is 4.55. The summed E-state index contributed by atoms with van der Waals surface area (Å²) >= 11 is 6.51. The minimum absolute atomic E-state index is 0.168. The van der Waals surface area contributed by atoms with Crippen LogP contribution in [0.25, 0.3) is 0 Å². The summed E-state index contributed by atoms with van der Waals surface area (Å²) in [6.07, 6.45) is 7.48. The van der Waals surface area contributed by atoms with Crippen LogP contribution in [0.5, 0.6) is 0 Å². The molecule has 2 aliphatic rings. The van der Waals surface area contributed by atoms with Gasteiger partial charge < -0.3 is 14.2 Å². The molecule has 2 aliphatic heterocycles. The van der Waals surface area contributed by atoms with Gasteiger partial charge in [0.05, 0.1) is 30.5 Å². The van der Waals surface area contributed by atoms with E-state index in [1.165, 1.54) is 10.7 Å². The second-order valence-corrected chi connectivity index (χ2v) is 9.00. The van der Waals surface area contributed by atoms with Crippen molar-refractivity contribution in [3.63, 3.8) is 0 Å². The van der Waals surface area contributed by atoms with Gasteiger partial charge in [-0.15, -0.1) is 0 Å². The highest BCUT2D eigenvalue weighted by Crippen LogP contribution is 2.29. The molecule has 1 atom stereocenters. The molecule has 0 amide bonds. The standard InChI is InChI=1S/C24H27ClFN5O2/c1-2-16-11-18(26)7-6-17(16)13-30-15-27-19-14-29(9-8-20(19)30)21-12-28-31(24(32)23(21)25)22-5-3-4-10-33-22/h6-7,11-12,15,22H,2-5,8-10,13-14H2,1H3. The zero-order valence-electron chi connectivity index (χ0n) is 18.6. The Kier molecular flexibility index (Phi) is 6.21. The normalized spacial score (nSPS) is 18.4. The van der Waals surface area contributed by atoms with E-state index in [9.17, 15) is 9.18 Å². The fraction of sp³-hybridized carbons (Fsp3) is 0.458. The van der Waals surface area contributed by atoms with E-state index in [4.69, 9.17) is 16.3 Å². The number of anilines is 1. The highest BCUT2D eigenvalue weighted by atomic mass is 35.5. The first-order valence-electron chi connectivity index (χ1n) is 11.5. The van der Waals surface area contributed by atoms with Crippen LogP contribution in [0.15, 0.2) is 35.5 Å². The van der Waals surface area contributed by atoms with E-state index >= 15 is 0 Å². The first-order chi connectivity index (χ1) is 16.0. The lowest BCUT2D eigenvalue weighted by atomic mass is 10.0. The number of ether oxygens (including phenoxy) is 1. The maximum Gasteiger partial charge on any atom is 0.290 e. The second-order valence-electron chi connectivity index (χ2n) is 8.62. The molecule has 5 rings (SSSR count). The van der Waals surface area contributed by atoms with E-state index in [0.29, 0.717) is 31.9 Å². The zero-order valence-corrected chi connectivity index (χ0v) is 19.4. The highest BCUT2D eigenvalue weighted by molar-refractivity contribution is 6.33. The summed E-state index contributed by atoms with van der Waals surface area (Å²) < 4.78 is 22.8. The lowest BCUT2D eigenvalue weighted by Crippen LogP contribution is -2.36. The van der Waals surface area contributed by atoms with Crippen molar-refractivity contribution in [2.24, 2.45) is 0 Å². The molecule has 0 N–H and O–H groups in total. The van der Waals surface area contributed by atoms with Crippen LogP contribution in [-0.2, 0) is 30.7 Å². The number of hydrogen-bond donors (Lipinski definition) is 0. The zero-order chi connectivity index (χ0) is 22.9. The predicted molar refractivity (Wildman–Crippen MR) is 124 cm³/mol. The van der Waals surface area contributed by atoms with Gasteiger partial charge in [0.15, 0.2) is 6.23 Å². The molecule has 33 heavy (non-hydrogen) atoms. The van der Waals surface area contributed by atoms with Crippen molar-refractivity contribution in [3.8, 4) is 0 Å². The van der Waals surface area contributed by atoms with Crippen LogP contribution in [0, 0.1) is 5.82 Å². The summed E-state index contributed by atoms with van der Waals surface area (Å²) in [5.41, 5.74) is 4.53. The smallest absolute Gasteiger partial charge is 0.290 e. The minimum atomic E-state index is -0.346. The number of nitrogens with zero attached hydrogens (tertiary/aromatic N) is 5. The van der Waals surface area contributed by atoms with Crippen molar-refractivity contribution in [1.82, 2.24) is 19.3 Å². The fourth-order valence-electron chi connectivity index (χ4n) is 4.75. The van der Waals surface area contributed by atoms with E-state index in [0.717, 1.165) is 54.6 Å². The third-order valence-electron chi connectivity index (χ3n) is 6.58. The number of aromatic nitrogens is 4. The van der Waals surface area contributed by atoms with Gasteiger partial charge in [-0.3, -0.25) is 4.79 Å². The number of rotatable bonds is 5. The SMILES string of the molecule is CCc1cc(F)ccc1Cn1cnc2c1CCN(c1cnn(C3CCCCO3)c(=O)c1Cl)C2. The third kappa shape index (κ3) is 4.29. The summed E-state index contributed by atoms with van der Waals surface area (Å²) in [5.74, 6) is -0.207. The van der Waals surface area contributed by atoms with Gasteiger partial charge in [0.2, 0.25) is 0 Å². The quantitative estimate of drug-likeness (QED) is 0.560. The van der Waals surface area contributed by atoms with Crippen LogP contribution in [-0.4, -0.2) is 32.5 Å². The Morgan fingerprint density at radius 1 is 1.27 bits per heavy atom. The van der Waals surface area contributed by atoms with Gasteiger partial charge in [-0.25, -0.2) is 9.37 Å². The lowest BCUT2D eigenvalue weighted by Gasteiger charge is -2.30. The number of halogens is 2. The molecule has 0 radical (unpaired) electrons. The average molecular weight is 472 g/mol. The van der Waals surface area contributed by atoms with Gasteiger partial charge in [0.25, 0.3) is 5.56 Å². The third-order valence-corrected chi connectivity index (χ3v) is 6.93. The molecule has 9 heteroatoms. The number of fused-ring (bicyclic) bond motifs is 1. The lowest BCUT2D eigenvalue weighted by molar-refractivity contribution is -0.0424. The van der Waals surface area contributed by atoms with E-state index in [1.54, 1.807) is 12.3 Å². The Balaban J connectivity index is 1.36. The molecule has 4 heterocycles. The van der Waals surface area contributed by atoms with Gasteiger partial charge in [0, 0.05) is 31.8 Å². The Bertz CT molecular complexity index is 1220. The van der Waals surface area contributed by atoms with E-state index in [2.05, 4.69) is 19.5 Å². The van der Waals surface area contributed by atoms with Gasteiger partial charge in [-0.2, -0.15) is 9.78 Å².